The van der Waals surface area contributed by atoms with Crippen molar-refractivity contribution >= 4 is 11.6 Å². The maximum Gasteiger partial charge on any atom is 0.232 e. The fraction of sp³-hybridized carbons (Fsp3) is 0.333. The first-order valence-corrected chi connectivity index (χ1v) is 9.83. The van der Waals surface area contributed by atoms with Crippen LogP contribution in [0.2, 0.25) is 0 Å². The van der Waals surface area contributed by atoms with E-state index in [2.05, 4.69) is 60.6 Å². The minimum Gasteiger partial charge on any atom is -0.322 e. The molecule has 2 aromatic carbocycles. The van der Waals surface area contributed by atoms with Crippen LogP contribution in [0, 0.1) is 6.92 Å². The van der Waals surface area contributed by atoms with E-state index >= 15 is 0 Å². The van der Waals surface area contributed by atoms with Crippen molar-refractivity contribution in [2.24, 2.45) is 0 Å². The number of carbonyl (C=O) groups is 1. The van der Waals surface area contributed by atoms with Gasteiger partial charge in [-0.3, -0.25) is 9.89 Å². The molecule has 1 amide bonds. The molecule has 1 heterocycles. The average molecular weight is 376 g/mol. The van der Waals surface area contributed by atoms with Crippen molar-refractivity contribution in [2.45, 2.75) is 52.4 Å². The molecule has 0 aliphatic rings. The normalized spacial score (nSPS) is 12.6. The number of hydrogen-bond donors (Lipinski definition) is 2. The number of aromatic amines is 1. The third-order valence-corrected chi connectivity index (χ3v) is 5.15. The highest BCUT2D eigenvalue weighted by Gasteiger charge is 2.22. The number of amides is 1. The Hall–Kier alpha value is -2.88. The van der Waals surface area contributed by atoms with Crippen molar-refractivity contribution < 1.29 is 4.79 Å². The van der Waals surface area contributed by atoms with Crippen LogP contribution in [0.4, 0.5) is 5.69 Å². The third kappa shape index (κ3) is 4.16. The van der Waals surface area contributed by atoms with Gasteiger partial charge in [0.1, 0.15) is 5.69 Å². The van der Waals surface area contributed by atoms with Gasteiger partial charge in [-0.1, -0.05) is 82.3 Å². The second-order valence-electron chi connectivity index (χ2n) is 8.26. The Morgan fingerprint density at radius 2 is 1.71 bits per heavy atom. The molecule has 0 aliphatic carbocycles. The predicted octanol–water partition coefficient (Wildman–Crippen LogP) is 5.81. The molecule has 1 atom stereocenters. The van der Waals surface area contributed by atoms with Gasteiger partial charge in [-0.05, 0) is 29.9 Å². The van der Waals surface area contributed by atoms with Crippen LogP contribution in [0.15, 0.2) is 54.6 Å². The van der Waals surface area contributed by atoms with Gasteiger partial charge in [0.2, 0.25) is 5.91 Å². The Bertz CT molecular complexity index is 934. The first kappa shape index (κ1) is 19.9. The average Bonchev–Trinajstić information content (AvgIpc) is 3.03. The summed E-state index contributed by atoms with van der Waals surface area (Å²) in [6.45, 7) is 10.5. The zero-order valence-electron chi connectivity index (χ0n) is 17.3. The SMILES string of the molecule is CCC(C(=O)Nc1c(-c2ccc(C(C)(C)C)cc2)n[nH]c1C)c1ccccc1. The van der Waals surface area contributed by atoms with Crippen LogP contribution in [0.1, 0.15) is 56.9 Å². The largest absolute Gasteiger partial charge is 0.322 e. The fourth-order valence-corrected chi connectivity index (χ4v) is 3.39. The van der Waals surface area contributed by atoms with Gasteiger partial charge >= 0.3 is 0 Å². The lowest BCUT2D eigenvalue weighted by molar-refractivity contribution is -0.117. The molecular weight excluding hydrogens is 346 g/mol. The number of aromatic nitrogens is 2. The van der Waals surface area contributed by atoms with Crippen molar-refractivity contribution in [1.82, 2.24) is 10.2 Å². The Labute approximate surface area is 167 Å². The van der Waals surface area contributed by atoms with Gasteiger partial charge in [0.05, 0.1) is 17.3 Å². The van der Waals surface area contributed by atoms with Crippen LogP contribution in [0.25, 0.3) is 11.3 Å². The lowest BCUT2D eigenvalue weighted by Crippen LogP contribution is -2.21. The first-order valence-electron chi connectivity index (χ1n) is 9.83. The quantitative estimate of drug-likeness (QED) is 0.591. The number of carbonyl (C=O) groups excluding carboxylic acids is 1. The molecule has 0 radical (unpaired) electrons. The molecule has 2 N–H and O–H groups in total. The van der Waals surface area contributed by atoms with Crippen molar-refractivity contribution in [3.8, 4) is 11.3 Å². The smallest absolute Gasteiger partial charge is 0.232 e. The molecule has 0 saturated carbocycles. The minimum absolute atomic E-state index is 0.00855. The van der Waals surface area contributed by atoms with Crippen molar-refractivity contribution in [3.05, 3.63) is 71.4 Å². The monoisotopic (exact) mass is 375 g/mol. The summed E-state index contributed by atoms with van der Waals surface area (Å²) in [7, 11) is 0. The predicted molar refractivity (Wildman–Crippen MR) is 116 cm³/mol. The van der Waals surface area contributed by atoms with E-state index in [1.807, 2.05) is 44.2 Å². The van der Waals surface area contributed by atoms with E-state index in [4.69, 9.17) is 0 Å². The number of nitrogens with one attached hydrogen (secondary N) is 2. The second kappa shape index (κ2) is 8.01. The standard InChI is InChI=1S/C24H29N3O/c1-6-20(17-10-8-7-9-11-17)23(28)25-21-16(2)26-27-22(21)18-12-14-19(15-13-18)24(3,4)5/h7-15,20H,6H2,1-5H3,(H,25,28)(H,26,27). The van der Waals surface area contributed by atoms with E-state index in [0.29, 0.717) is 0 Å². The lowest BCUT2D eigenvalue weighted by Gasteiger charge is -2.19. The molecule has 4 nitrogen and oxygen atoms in total. The summed E-state index contributed by atoms with van der Waals surface area (Å²) in [6, 6.07) is 18.3. The highest BCUT2D eigenvalue weighted by atomic mass is 16.1. The molecule has 146 valence electrons. The fourth-order valence-electron chi connectivity index (χ4n) is 3.39. The molecule has 3 aromatic rings. The van der Waals surface area contributed by atoms with E-state index in [0.717, 1.165) is 34.6 Å². The zero-order chi connectivity index (χ0) is 20.3. The third-order valence-electron chi connectivity index (χ3n) is 5.15. The summed E-state index contributed by atoms with van der Waals surface area (Å²) >= 11 is 0. The molecule has 1 unspecified atom stereocenters. The number of anilines is 1. The molecule has 0 aliphatic heterocycles. The Balaban J connectivity index is 1.88. The number of rotatable bonds is 5. The molecule has 3 rings (SSSR count). The summed E-state index contributed by atoms with van der Waals surface area (Å²) in [6.07, 6.45) is 0.738. The molecule has 0 saturated heterocycles. The van der Waals surface area contributed by atoms with Crippen LogP contribution < -0.4 is 5.32 Å². The van der Waals surface area contributed by atoms with Crippen LogP contribution in [-0.4, -0.2) is 16.1 Å². The number of benzene rings is 2. The molecule has 1 aromatic heterocycles. The van der Waals surface area contributed by atoms with Crippen LogP contribution in [-0.2, 0) is 10.2 Å². The van der Waals surface area contributed by atoms with Crippen LogP contribution in [0.3, 0.4) is 0 Å². The van der Waals surface area contributed by atoms with Gasteiger partial charge in [-0.25, -0.2) is 0 Å². The lowest BCUT2D eigenvalue weighted by atomic mass is 9.86. The first-order chi connectivity index (χ1) is 13.3. The molecule has 0 fully saturated rings. The van der Waals surface area contributed by atoms with Gasteiger partial charge in [0.15, 0.2) is 0 Å². The highest BCUT2D eigenvalue weighted by Crippen LogP contribution is 2.32. The summed E-state index contributed by atoms with van der Waals surface area (Å²) in [5.41, 5.74) is 5.76. The Kier molecular flexibility index (Phi) is 5.68. The number of aryl methyl sites for hydroxylation is 1. The Morgan fingerprint density at radius 1 is 1.07 bits per heavy atom. The van der Waals surface area contributed by atoms with Gasteiger partial charge in [-0.15, -0.1) is 0 Å². The highest BCUT2D eigenvalue weighted by molar-refractivity contribution is 5.99. The van der Waals surface area contributed by atoms with Crippen molar-refractivity contribution in [3.63, 3.8) is 0 Å². The summed E-state index contributed by atoms with van der Waals surface area (Å²) < 4.78 is 0. The molecule has 4 heteroatoms. The van der Waals surface area contributed by atoms with E-state index in [9.17, 15) is 4.79 Å². The van der Waals surface area contributed by atoms with E-state index < -0.39 is 0 Å². The van der Waals surface area contributed by atoms with Crippen LogP contribution >= 0.6 is 0 Å². The number of hydrogen-bond acceptors (Lipinski definition) is 2. The summed E-state index contributed by atoms with van der Waals surface area (Å²) in [5, 5.41) is 10.6. The minimum atomic E-state index is -0.188. The maximum atomic E-state index is 13.0. The van der Waals surface area contributed by atoms with Gasteiger partial charge in [0, 0.05) is 5.56 Å². The molecule has 0 bridgehead atoms. The van der Waals surface area contributed by atoms with Gasteiger partial charge in [-0.2, -0.15) is 5.10 Å². The van der Waals surface area contributed by atoms with Crippen molar-refractivity contribution in [1.29, 1.82) is 0 Å². The topological polar surface area (TPSA) is 57.8 Å². The van der Waals surface area contributed by atoms with E-state index in [1.165, 1.54) is 5.56 Å². The maximum absolute atomic E-state index is 13.0. The second-order valence-corrected chi connectivity index (χ2v) is 8.26. The zero-order valence-corrected chi connectivity index (χ0v) is 17.3. The summed E-state index contributed by atoms with van der Waals surface area (Å²) in [5.74, 6) is -0.197. The van der Waals surface area contributed by atoms with Crippen molar-refractivity contribution in [2.75, 3.05) is 5.32 Å². The molecule has 28 heavy (non-hydrogen) atoms. The molecule has 0 spiro atoms. The van der Waals surface area contributed by atoms with E-state index in [1.54, 1.807) is 0 Å². The Morgan fingerprint density at radius 3 is 2.29 bits per heavy atom. The van der Waals surface area contributed by atoms with E-state index in [-0.39, 0.29) is 17.2 Å². The van der Waals surface area contributed by atoms with Gasteiger partial charge < -0.3 is 5.32 Å². The summed E-state index contributed by atoms with van der Waals surface area (Å²) in [4.78, 5) is 13.0. The van der Waals surface area contributed by atoms with Gasteiger partial charge in [0.25, 0.3) is 0 Å². The molecular formula is C24H29N3O. The number of nitrogens with zero attached hydrogens (tertiary/aromatic N) is 1. The number of H-pyrrole nitrogens is 1. The van der Waals surface area contributed by atoms with Crippen LogP contribution in [0.5, 0.6) is 0 Å².